The van der Waals surface area contributed by atoms with Crippen molar-refractivity contribution >= 4 is 17.2 Å². The first kappa shape index (κ1) is 25.5. The Morgan fingerprint density at radius 1 is 1.21 bits per heavy atom. The quantitative estimate of drug-likeness (QED) is 0.542. The highest BCUT2D eigenvalue weighted by molar-refractivity contribution is 7.14. The molecule has 3 heterocycles. The SMILES string of the molecule is CC.CCCN1C[C@H](COC)n2cc(-c3nnc(Cc4ccc(F)cc4)s3)c(=O)c(O)c2C1=O. The number of methoxy groups -OCH3 is 1. The first-order chi connectivity index (χ1) is 16.4. The fourth-order valence-electron chi connectivity index (χ4n) is 3.85. The Kier molecular flexibility index (Phi) is 8.51. The van der Waals surface area contributed by atoms with Gasteiger partial charge in [0, 0.05) is 32.8 Å². The van der Waals surface area contributed by atoms with E-state index in [9.17, 15) is 19.1 Å². The number of hydrogen-bond acceptors (Lipinski definition) is 7. The standard InChI is InChI=1S/C22H23FN4O4S.C2H6/c1-3-8-26-10-15(12-31-2)27-11-16(19(28)20(29)18(27)22(26)30)21-25-24-17(32-21)9-13-4-6-14(23)7-5-13;1-2/h4-7,11,15,29H,3,8-10,12H2,1-2H3;1-2H3/t15-;/m1./s1. The molecule has 0 fully saturated rings. The van der Waals surface area contributed by atoms with E-state index in [0.29, 0.717) is 36.1 Å². The lowest BCUT2D eigenvalue weighted by atomic mass is 10.1. The van der Waals surface area contributed by atoms with Gasteiger partial charge in [-0.3, -0.25) is 9.59 Å². The summed E-state index contributed by atoms with van der Waals surface area (Å²) in [6, 6.07) is 5.83. The molecule has 0 radical (unpaired) electrons. The first-order valence-electron chi connectivity index (χ1n) is 11.3. The zero-order valence-electron chi connectivity index (χ0n) is 19.7. The molecular formula is C24H29FN4O4S. The van der Waals surface area contributed by atoms with Crippen LogP contribution in [0.5, 0.6) is 5.75 Å². The van der Waals surface area contributed by atoms with Gasteiger partial charge in [0.25, 0.3) is 5.91 Å². The Labute approximate surface area is 201 Å². The molecule has 3 aromatic rings. The summed E-state index contributed by atoms with van der Waals surface area (Å²) >= 11 is 1.22. The molecule has 4 rings (SSSR count). The summed E-state index contributed by atoms with van der Waals surface area (Å²) in [7, 11) is 1.57. The molecule has 0 saturated carbocycles. The fourth-order valence-corrected chi connectivity index (χ4v) is 4.73. The number of fused-ring (bicyclic) bond motifs is 1. The third-order valence-corrected chi connectivity index (χ3v) is 6.30. The van der Waals surface area contributed by atoms with Crippen molar-refractivity contribution in [2.45, 2.75) is 39.7 Å². The molecule has 34 heavy (non-hydrogen) atoms. The molecule has 0 aliphatic carbocycles. The Bertz CT molecular complexity index is 1190. The van der Waals surface area contributed by atoms with E-state index in [4.69, 9.17) is 4.74 Å². The minimum absolute atomic E-state index is 0.0310. The van der Waals surface area contributed by atoms with Crippen molar-refractivity contribution in [2.24, 2.45) is 0 Å². The van der Waals surface area contributed by atoms with Crippen LogP contribution in [0.2, 0.25) is 0 Å². The van der Waals surface area contributed by atoms with Gasteiger partial charge in [-0.15, -0.1) is 10.2 Å². The number of hydrogen-bond donors (Lipinski definition) is 1. The maximum Gasteiger partial charge on any atom is 0.274 e. The number of benzene rings is 1. The monoisotopic (exact) mass is 488 g/mol. The van der Waals surface area contributed by atoms with Crippen LogP contribution in [-0.2, 0) is 11.2 Å². The molecule has 8 nitrogen and oxygen atoms in total. The number of aromatic nitrogens is 3. The molecule has 0 unspecified atom stereocenters. The molecule has 182 valence electrons. The van der Waals surface area contributed by atoms with Gasteiger partial charge >= 0.3 is 0 Å². The lowest BCUT2D eigenvalue weighted by Crippen LogP contribution is -2.45. The van der Waals surface area contributed by atoms with Gasteiger partial charge in [0.15, 0.2) is 16.5 Å². The van der Waals surface area contributed by atoms with Crippen LogP contribution >= 0.6 is 11.3 Å². The molecule has 1 aliphatic rings. The highest BCUT2D eigenvalue weighted by atomic mass is 32.1. The van der Waals surface area contributed by atoms with E-state index < -0.39 is 11.2 Å². The molecule has 1 aliphatic heterocycles. The second-order valence-electron chi connectivity index (χ2n) is 7.64. The maximum atomic E-state index is 13.1. The summed E-state index contributed by atoms with van der Waals surface area (Å²) in [6.07, 6.45) is 2.76. The molecule has 1 N–H and O–H groups in total. The molecule has 0 spiro atoms. The van der Waals surface area contributed by atoms with E-state index in [1.165, 1.54) is 23.5 Å². The smallest absolute Gasteiger partial charge is 0.274 e. The summed E-state index contributed by atoms with van der Waals surface area (Å²) < 4.78 is 20.1. The molecular weight excluding hydrogens is 459 g/mol. The second kappa shape index (κ2) is 11.3. The number of aromatic hydroxyl groups is 1. The zero-order valence-corrected chi connectivity index (χ0v) is 20.6. The van der Waals surface area contributed by atoms with Crippen LogP contribution in [0, 0.1) is 5.82 Å². The molecule has 2 aromatic heterocycles. The largest absolute Gasteiger partial charge is 0.503 e. The number of carbonyl (C=O) groups is 1. The minimum Gasteiger partial charge on any atom is -0.503 e. The van der Waals surface area contributed by atoms with Crippen LogP contribution < -0.4 is 5.43 Å². The third-order valence-electron chi connectivity index (χ3n) is 5.34. The van der Waals surface area contributed by atoms with Crippen molar-refractivity contribution in [3.05, 3.63) is 62.8 Å². The van der Waals surface area contributed by atoms with Gasteiger partial charge in [-0.1, -0.05) is 44.2 Å². The average molecular weight is 489 g/mol. The zero-order chi connectivity index (χ0) is 24.8. The molecule has 1 aromatic carbocycles. The number of halogens is 1. The van der Waals surface area contributed by atoms with Crippen LogP contribution in [0.4, 0.5) is 4.39 Å². The normalized spacial score (nSPS) is 15.0. The first-order valence-corrected chi connectivity index (χ1v) is 12.1. The van der Waals surface area contributed by atoms with Crippen molar-refractivity contribution in [1.29, 1.82) is 0 Å². The van der Waals surface area contributed by atoms with E-state index in [2.05, 4.69) is 10.2 Å². The summed E-state index contributed by atoms with van der Waals surface area (Å²) in [5.74, 6) is -1.29. The predicted molar refractivity (Wildman–Crippen MR) is 129 cm³/mol. The van der Waals surface area contributed by atoms with Gasteiger partial charge in [-0.2, -0.15) is 0 Å². The summed E-state index contributed by atoms with van der Waals surface area (Å²) in [5.41, 5.74) is 0.341. The molecule has 1 atom stereocenters. The lowest BCUT2D eigenvalue weighted by molar-refractivity contribution is 0.0578. The molecule has 0 bridgehead atoms. The van der Waals surface area contributed by atoms with Gasteiger partial charge in [0.05, 0.1) is 18.2 Å². The number of nitrogens with zero attached hydrogens (tertiary/aromatic N) is 4. The Morgan fingerprint density at radius 3 is 2.56 bits per heavy atom. The van der Waals surface area contributed by atoms with Crippen molar-refractivity contribution in [1.82, 2.24) is 19.7 Å². The van der Waals surface area contributed by atoms with Crippen molar-refractivity contribution in [2.75, 3.05) is 26.8 Å². The molecule has 1 amide bonds. The van der Waals surface area contributed by atoms with E-state index in [0.717, 1.165) is 12.0 Å². The Balaban J connectivity index is 0.00000158. The number of carbonyl (C=O) groups excluding carboxylic acids is 1. The van der Waals surface area contributed by atoms with E-state index in [-0.39, 0.29) is 29.0 Å². The maximum absolute atomic E-state index is 13.1. The minimum atomic E-state index is -0.663. The van der Waals surface area contributed by atoms with Crippen LogP contribution in [0.15, 0.2) is 35.3 Å². The van der Waals surface area contributed by atoms with Gasteiger partial charge in [-0.05, 0) is 24.1 Å². The number of amides is 1. The summed E-state index contributed by atoms with van der Waals surface area (Å²) in [6.45, 7) is 7.22. The second-order valence-corrected chi connectivity index (χ2v) is 8.70. The molecule has 0 saturated heterocycles. The fraction of sp³-hybridized carbons (Fsp3) is 0.417. The van der Waals surface area contributed by atoms with Gasteiger partial charge < -0.3 is 19.3 Å². The molecule has 10 heteroatoms. The van der Waals surface area contributed by atoms with Gasteiger partial charge in [0.1, 0.15) is 10.8 Å². The van der Waals surface area contributed by atoms with Crippen LogP contribution in [0.25, 0.3) is 10.6 Å². The van der Waals surface area contributed by atoms with Crippen molar-refractivity contribution in [3.8, 4) is 16.3 Å². The lowest BCUT2D eigenvalue weighted by Gasteiger charge is -2.36. The predicted octanol–water partition coefficient (Wildman–Crippen LogP) is 3.88. The Morgan fingerprint density at radius 2 is 1.91 bits per heavy atom. The van der Waals surface area contributed by atoms with E-state index in [1.807, 2.05) is 20.8 Å². The van der Waals surface area contributed by atoms with E-state index in [1.54, 1.807) is 34.9 Å². The number of ether oxygens (including phenoxy) is 1. The summed E-state index contributed by atoms with van der Waals surface area (Å²) in [4.78, 5) is 27.5. The average Bonchev–Trinajstić information content (AvgIpc) is 3.30. The Hall–Kier alpha value is -3.11. The van der Waals surface area contributed by atoms with Gasteiger partial charge in [0.2, 0.25) is 5.43 Å². The van der Waals surface area contributed by atoms with Crippen LogP contribution in [-0.4, -0.2) is 57.5 Å². The van der Waals surface area contributed by atoms with E-state index >= 15 is 0 Å². The van der Waals surface area contributed by atoms with Crippen LogP contribution in [0.1, 0.15) is 54.3 Å². The summed E-state index contributed by atoms with van der Waals surface area (Å²) in [5, 5.41) is 20.0. The highest BCUT2D eigenvalue weighted by Gasteiger charge is 2.35. The van der Waals surface area contributed by atoms with Crippen LogP contribution in [0.3, 0.4) is 0 Å². The third kappa shape index (κ3) is 5.18. The topological polar surface area (TPSA) is 97.6 Å². The number of pyridine rings is 1. The van der Waals surface area contributed by atoms with Crippen molar-refractivity contribution < 1.29 is 19.0 Å². The number of rotatable bonds is 7. The highest BCUT2D eigenvalue weighted by Crippen LogP contribution is 2.31. The van der Waals surface area contributed by atoms with Crippen molar-refractivity contribution in [3.63, 3.8) is 0 Å². The van der Waals surface area contributed by atoms with Gasteiger partial charge in [-0.25, -0.2) is 4.39 Å².